The summed E-state index contributed by atoms with van der Waals surface area (Å²) in [4.78, 5) is 10.5. The van der Waals surface area contributed by atoms with Crippen LogP contribution in [0, 0.1) is 16.0 Å². The second kappa shape index (κ2) is 8.15. The van der Waals surface area contributed by atoms with Crippen LogP contribution in [-0.4, -0.2) is 31.1 Å². The minimum atomic E-state index is -3.97. The molecule has 0 saturated heterocycles. The third-order valence-electron chi connectivity index (χ3n) is 3.84. The summed E-state index contributed by atoms with van der Waals surface area (Å²) >= 11 is 0. The van der Waals surface area contributed by atoms with E-state index in [1.165, 1.54) is 12.1 Å². The van der Waals surface area contributed by atoms with Gasteiger partial charge in [-0.05, 0) is 30.2 Å². The molecule has 0 aliphatic heterocycles. The number of nitrogens with one attached hydrogen (secondary N) is 2. The summed E-state index contributed by atoms with van der Waals surface area (Å²) in [5.41, 5.74) is 0.138. The zero-order valence-electron chi connectivity index (χ0n) is 14.4. The Balaban J connectivity index is 2.37. The minimum absolute atomic E-state index is 0.0303. The molecule has 140 valence electrons. The fraction of sp³-hybridized carbons (Fsp3) is 0.294. The van der Waals surface area contributed by atoms with E-state index in [1.54, 1.807) is 30.3 Å². The first-order valence-corrected chi connectivity index (χ1v) is 9.46. The number of aliphatic hydroxyl groups is 1. The Morgan fingerprint density at radius 2 is 1.81 bits per heavy atom. The normalized spacial score (nSPS) is 12.6. The number of benzene rings is 2. The Bertz CT molecular complexity index is 869. The van der Waals surface area contributed by atoms with Gasteiger partial charge in [-0.2, -0.15) is 0 Å². The molecule has 0 aliphatic carbocycles. The van der Waals surface area contributed by atoms with E-state index in [4.69, 9.17) is 0 Å². The molecule has 0 bridgehead atoms. The molecule has 0 unspecified atom stereocenters. The maximum absolute atomic E-state index is 12.5. The average Bonchev–Trinajstić information content (AvgIpc) is 2.59. The van der Waals surface area contributed by atoms with Crippen LogP contribution in [0.3, 0.4) is 0 Å². The predicted octanol–water partition coefficient (Wildman–Crippen LogP) is 2.82. The number of sulfonamides is 1. The molecule has 0 aromatic heterocycles. The number of hydrogen-bond acceptors (Lipinski definition) is 6. The van der Waals surface area contributed by atoms with Crippen LogP contribution in [0.4, 0.5) is 17.1 Å². The van der Waals surface area contributed by atoms with Crippen LogP contribution in [0.15, 0.2) is 53.4 Å². The molecule has 9 heteroatoms. The van der Waals surface area contributed by atoms with Crippen LogP contribution in [0.5, 0.6) is 0 Å². The molecule has 0 spiro atoms. The van der Waals surface area contributed by atoms with E-state index in [-0.39, 0.29) is 28.8 Å². The first-order chi connectivity index (χ1) is 12.2. The lowest BCUT2D eigenvalue weighted by atomic mass is 10.0. The van der Waals surface area contributed by atoms with Crippen LogP contribution in [-0.2, 0) is 10.0 Å². The van der Waals surface area contributed by atoms with Gasteiger partial charge in [0.05, 0.1) is 22.5 Å². The van der Waals surface area contributed by atoms with E-state index in [9.17, 15) is 23.6 Å². The molecule has 0 saturated carbocycles. The number of hydrogen-bond donors (Lipinski definition) is 3. The summed E-state index contributed by atoms with van der Waals surface area (Å²) in [6, 6.07) is 11.5. The maximum atomic E-state index is 12.5. The second-order valence-corrected chi connectivity index (χ2v) is 7.77. The molecule has 2 aromatic rings. The number of nitro benzene ring substituents is 1. The standard InChI is InChI=1S/C17H21N3O5S/c1-12(2)16(11-21)18-15-9-8-14(10-17(15)20(22)23)26(24,25)19-13-6-4-3-5-7-13/h3-10,12,16,18-19,21H,11H2,1-2H3/t16-/m1/s1. The highest BCUT2D eigenvalue weighted by Gasteiger charge is 2.23. The van der Waals surface area contributed by atoms with Gasteiger partial charge in [-0.15, -0.1) is 0 Å². The van der Waals surface area contributed by atoms with Crippen molar-refractivity contribution in [3.05, 3.63) is 58.6 Å². The Labute approximate surface area is 152 Å². The highest BCUT2D eigenvalue weighted by Crippen LogP contribution is 2.29. The van der Waals surface area contributed by atoms with Crippen LogP contribution >= 0.6 is 0 Å². The monoisotopic (exact) mass is 379 g/mol. The van der Waals surface area contributed by atoms with Gasteiger partial charge in [0, 0.05) is 11.8 Å². The van der Waals surface area contributed by atoms with Crippen molar-refractivity contribution in [2.75, 3.05) is 16.6 Å². The predicted molar refractivity (Wildman–Crippen MR) is 99.7 cm³/mol. The lowest BCUT2D eigenvalue weighted by molar-refractivity contribution is -0.384. The number of para-hydroxylation sites is 1. The van der Waals surface area contributed by atoms with Gasteiger partial charge < -0.3 is 10.4 Å². The van der Waals surface area contributed by atoms with E-state index in [2.05, 4.69) is 10.0 Å². The van der Waals surface area contributed by atoms with Crippen molar-refractivity contribution in [3.63, 3.8) is 0 Å². The Hall–Kier alpha value is -2.65. The Kier molecular flexibility index (Phi) is 6.17. The summed E-state index contributed by atoms with van der Waals surface area (Å²) in [5.74, 6) is 0.0303. The third kappa shape index (κ3) is 4.70. The van der Waals surface area contributed by atoms with E-state index in [1.807, 2.05) is 13.8 Å². The third-order valence-corrected chi connectivity index (χ3v) is 5.22. The van der Waals surface area contributed by atoms with Gasteiger partial charge in [-0.1, -0.05) is 32.0 Å². The fourth-order valence-electron chi connectivity index (χ4n) is 2.29. The SMILES string of the molecule is CC(C)[C@@H](CO)Nc1ccc(S(=O)(=O)Nc2ccccc2)cc1[N+](=O)[O-]. The van der Waals surface area contributed by atoms with Crippen LogP contribution in [0.2, 0.25) is 0 Å². The van der Waals surface area contributed by atoms with E-state index in [0.29, 0.717) is 5.69 Å². The molecule has 1 atom stereocenters. The second-order valence-electron chi connectivity index (χ2n) is 6.09. The summed E-state index contributed by atoms with van der Waals surface area (Å²) in [7, 11) is -3.97. The molecule has 8 nitrogen and oxygen atoms in total. The molecule has 0 aliphatic rings. The van der Waals surface area contributed by atoms with Crippen molar-refractivity contribution in [1.29, 1.82) is 0 Å². The quantitative estimate of drug-likeness (QED) is 0.479. The first-order valence-electron chi connectivity index (χ1n) is 7.98. The Morgan fingerprint density at radius 3 is 2.35 bits per heavy atom. The Morgan fingerprint density at radius 1 is 1.15 bits per heavy atom. The van der Waals surface area contributed by atoms with E-state index >= 15 is 0 Å². The average molecular weight is 379 g/mol. The lowest BCUT2D eigenvalue weighted by Crippen LogP contribution is -2.29. The number of nitro groups is 1. The zero-order chi connectivity index (χ0) is 19.3. The molecule has 26 heavy (non-hydrogen) atoms. The minimum Gasteiger partial charge on any atom is -0.394 e. The van der Waals surface area contributed by atoms with Gasteiger partial charge in [-0.25, -0.2) is 8.42 Å². The molecule has 0 radical (unpaired) electrons. The summed E-state index contributed by atoms with van der Waals surface area (Å²) < 4.78 is 27.3. The number of anilines is 2. The van der Waals surface area contributed by atoms with Crippen molar-refractivity contribution in [2.45, 2.75) is 24.8 Å². The lowest BCUT2D eigenvalue weighted by Gasteiger charge is -2.21. The van der Waals surface area contributed by atoms with Gasteiger partial charge in [-0.3, -0.25) is 14.8 Å². The van der Waals surface area contributed by atoms with Crippen LogP contribution < -0.4 is 10.0 Å². The topological polar surface area (TPSA) is 122 Å². The van der Waals surface area contributed by atoms with Crippen molar-refractivity contribution >= 4 is 27.1 Å². The van der Waals surface area contributed by atoms with Crippen molar-refractivity contribution < 1.29 is 18.4 Å². The summed E-state index contributed by atoms with van der Waals surface area (Å²) in [6.07, 6.45) is 0. The van der Waals surface area contributed by atoms with Gasteiger partial charge in [0.2, 0.25) is 0 Å². The molecule has 0 amide bonds. The molecule has 3 N–H and O–H groups in total. The van der Waals surface area contributed by atoms with Crippen molar-refractivity contribution in [2.24, 2.45) is 5.92 Å². The molecule has 2 rings (SSSR count). The number of aliphatic hydroxyl groups excluding tert-OH is 1. The molecule has 0 heterocycles. The summed E-state index contributed by atoms with van der Waals surface area (Å²) in [5, 5.41) is 23.7. The molecule has 0 fully saturated rings. The van der Waals surface area contributed by atoms with Crippen molar-refractivity contribution in [1.82, 2.24) is 0 Å². The van der Waals surface area contributed by atoms with Crippen LogP contribution in [0.1, 0.15) is 13.8 Å². The molecular weight excluding hydrogens is 358 g/mol. The number of nitrogens with zero attached hydrogens (tertiary/aromatic N) is 1. The van der Waals surface area contributed by atoms with Crippen molar-refractivity contribution in [3.8, 4) is 0 Å². The van der Waals surface area contributed by atoms with E-state index in [0.717, 1.165) is 6.07 Å². The zero-order valence-corrected chi connectivity index (χ0v) is 15.2. The smallest absolute Gasteiger partial charge is 0.293 e. The van der Waals surface area contributed by atoms with Gasteiger partial charge in [0.25, 0.3) is 15.7 Å². The highest BCUT2D eigenvalue weighted by molar-refractivity contribution is 7.92. The fourth-order valence-corrected chi connectivity index (χ4v) is 3.37. The van der Waals surface area contributed by atoms with E-state index < -0.39 is 21.0 Å². The summed E-state index contributed by atoms with van der Waals surface area (Å²) in [6.45, 7) is 3.52. The first kappa shape index (κ1) is 19.7. The molecule has 2 aromatic carbocycles. The number of rotatable bonds is 8. The van der Waals surface area contributed by atoms with Gasteiger partial charge in [0.1, 0.15) is 5.69 Å². The van der Waals surface area contributed by atoms with Crippen LogP contribution in [0.25, 0.3) is 0 Å². The van der Waals surface area contributed by atoms with Gasteiger partial charge >= 0.3 is 0 Å². The molecular formula is C17H21N3O5S. The van der Waals surface area contributed by atoms with Gasteiger partial charge in [0.15, 0.2) is 0 Å². The highest BCUT2D eigenvalue weighted by atomic mass is 32.2. The maximum Gasteiger partial charge on any atom is 0.293 e. The largest absolute Gasteiger partial charge is 0.394 e.